The number of methoxy groups -OCH3 is 1. The lowest BCUT2D eigenvalue weighted by Crippen LogP contribution is -2.45. The predicted molar refractivity (Wildman–Crippen MR) is 147 cm³/mol. The van der Waals surface area contributed by atoms with Gasteiger partial charge in [0.2, 0.25) is 5.91 Å². The summed E-state index contributed by atoms with van der Waals surface area (Å²) in [5.74, 6) is -0.506. The van der Waals surface area contributed by atoms with Crippen LogP contribution in [0.15, 0.2) is 48.2 Å². The van der Waals surface area contributed by atoms with Crippen molar-refractivity contribution in [1.29, 1.82) is 0 Å². The fourth-order valence-corrected chi connectivity index (χ4v) is 4.92. The zero-order valence-electron chi connectivity index (χ0n) is 21.6. The summed E-state index contributed by atoms with van der Waals surface area (Å²) >= 11 is 5.87. The minimum Gasteiger partial charge on any atom is -0.496 e. The molecule has 2 aromatic carbocycles. The number of rotatable bonds is 7. The Morgan fingerprint density at radius 2 is 1.89 bits per heavy atom. The van der Waals surface area contributed by atoms with Crippen LogP contribution >= 0.6 is 11.6 Å². The van der Waals surface area contributed by atoms with Crippen molar-refractivity contribution in [3.05, 3.63) is 64.3 Å². The Bertz CT molecular complexity index is 1310. The lowest BCUT2D eigenvalue weighted by atomic mass is 9.87. The highest BCUT2D eigenvalue weighted by atomic mass is 35.5. The van der Waals surface area contributed by atoms with Crippen LogP contribution in [-0.2, 0) is 9.59 Å². The van der Waals surface area contributed by atoms with Gasteiger partial charge in [-0.2, -0.15) is 0 Å². The number of halogens is 1. The molecule has 0 aromatic heterocycles. The van der Waals surface area contributed by atoms with Crippen molar-refractivity contribution in [3.63, 3.8) is 0 Å². The molecule has 1 fully saturated rings. The van der Waals surface area contributed by atoms with E-state index in [2.05, 4.69) is 49.3 Å². The molecule has 2 aliphatic rings. The summed E-state index contributed by atoms with van der Waals surface area (Å²) in [6.45, 7) is 9.04. The Balaban J connectivity index is 1.60. The van der Waals surface area contributed by atoms with Crippen LogP contribution in [0.1, 0.15) is 45.2 Å². The van der Waals surface area contributed by atoms with Gasteiger partial charge in [-0.25, -0.2) is 9.69 Å². The van der Waals surface area contributed by atoms with Crippen LogP contribution in [0.25, 0.3) is 11.6 Å². The molecule has 0 aliphatic carbocycles. The second-order valence-electron chi connectivity index (χ2n) is 9.68. The number of carbonyl (C=O) groups excluding carboxylic acids is 3. The highest BCUT2D eigenvalue weighted by Crippen LogP contribution is 2.42. The van der Waals surface area contributed by atoms with Gasteiger partial charge in [0.15, 0.2) is 0 Å². The number of hydrogen-bond donors (Lipinski definition) is 2. The van der Waals surface area contributed by atoms with Crippen LogP contribution in [0.5, 0.6) is 5.75 Å². The van der Waals surface area contributed by atoms with E-state index in [0.717, 1.165) is 34.7 Å². The summed E-state index contributed by atoms with van der Waals surface area (Å²) in [7, 11) is 1.58. The minimum atomic E-state index is -0.661. The fraction of sp³-hybridized carbons (Fsp3) is 0.321. The first-order valence-corrected chi connectivity index (χ1v) is 12.5. The molecular weight excluding hydrogens is 492 g/mol. The summed E-state index contributed by atoms with van der Waals surface area (Å²) < 4.78 is 5.68. The molecule has 0 saturated carbocycles. The van der Waals surface area contributed by atoms with Crippen molar-refractivity contribution in [2.24, 2.45) is 0 Å². The van der Waals surface area contributed by atoms with E-state index in [9.17, 15) is 14.4 Å². The quantitative estimate of drug-likeness (QED) is 0.381. The van der Waals surface area contributed by atoms with E-state index in [1.165, 1.54) is 0 Å². The number of imide groups is 1. The third-order valence-corrected chi connectivity index (χ3v) is 6.72. The maximum Gasteiger partial charge on any atom is 0.329 e. The SMILES string of the molecule is CCCN1c2cc(OC)c(/C=C3/NC(=O)N(CC(=O)Nc4ccc(Cl)cc4)C3=O)cc2C(C)=CC1(C)C. The van der Waals surface area contributed by atoms with Gasteiger partial charge in [-0.3, -0.25) is 9.59 Å². The Morgan fingerprint density at radius 3 is 2.54 bits per heavy atom. The molecule has 0 unspecified atom stereocenters. The summed E-state index contributed by atoms with van der Waals surface area (Å²) in [6, 6.07) is 9.84. The molecule has 2 aliphatic heterocycles. The molecule has 0 spiro atoms. The van der Waals surface area contributed by atoms with Gasteiger partial charge in [0.05, 0.1) is 12.6 Å². The van der Waals surface area contributed by atoms with E-state index in [1.54, 1.807) is 37.5 Å². The highest BCUT2D eigenvalue weighted by molar-refractivity contribution is 6.30. The van der Waals surface area contributed by atoms with E-state index >= 15 is 0 Å². The molecule has 0 atom stereocenters. The molecule has 8 nitrogen and oxygen atoms in total. The second kappa shape index (κ2) is 10.3. The van der Waals surface area contributed by atoms with Gasteiger partial charge in [0.25, 0.3) is 5.91 Å². The number of fused-ring (bicyclic) bond motifs is 1. The van der Waals surface area contributed by atoms with Crippen molar-refractivity contribution >= 4 is 52.5 Å². The highest BCUT2D eigenvalue weighted by Gasteiger charge is 2.36. The first-order valence-electron chi connectivity index (χ1n) is 12.1. The first kappa shape index (κ1) is 26.3. The third-order valence-electron chi connectivity index (χ3n) is 6.47. The molecule has 2 aromatic rings. The van der Waals surface area contributed by atoms with Crippen LogP contribution < -0.4 is 20.3 Å². The van der Waals surface area contributed by atoms with Crippen molar-refractivity contribution < 1.29 is 19.1 Å². The summed E-state index contributed by atoms with van der Waals surface area (Å²) in [5.41, 5.74) is 4.31. The number of urea groups is 1. The maximum absolute atomic E-state index is 13.0. The van der Waals surface area contributed by atoms with Crippen LogP contribution in [0, 0.1) is 0 Å². The number of amides is 4. The molecular formula is C28H31ClN4O4. The molecule has 0 bridgehead atoms. The van der Waals surface area contributed by atoms with Crippen LogP contribution in [-0.4, -0.2) is 48.5 Å². The van der Waals surface area contributed by atoms with Gasteiger partial charge in [-0.15, -0.1) is 0 Å². The number of ether oxygens (including phenoxy) is 1. The first-order chi connectivity index (χ1) is 17.5. The standard InChI is InChI=1S/C28H31ClN4O4/c1-6-11-33-23-14-24(37-5)18(12-21(23)17(2)15-28(33,3)4)13-22-26(35)32(27(36)31-22)16-25(34)30-20-9-7-19(29)8-10-20/h7-10,12-15H,6,11,16H2,1-5H3,(H,30,34)(H,31,36)/b22-13+. The van der Waals surface area contributed by atoms with Crippen LogP contribution in [0.2, 0.25) is 5.02 Å². The summed E-state index contributed by atoms with van der Waals surface area (Å²) in [6.07, 6.45) is 4.82. The zero-order chi connectivity index (χ0) is 26.9. The minimum absolute atomic E-state index is 0.0747. The van der Waals surface area contributed by atoms with E-state index < -0.39 is 24.4 Å². The Kier molecular flexibility index (Phi) is 7.32. The van der Waals surface area contributed by atoms with Gasteiger partial charge in [0, 0.05) is 40.1 Å². The Morgan fingerprint density at radius 1 is 1.19 bits per heavy atom. The molecule has 37 heavy (non-hydrogen) atoms. The lowest BCUT2D eigenvalue weighted by molar-refractivity contribution is -0.127. The molecule has 4 amide bonds. The lowest BCUT2D eigenvalue weighted by Gasteiger charge is -2.43. The normalized spacial score (nSPS) is 17.5. The monoisotopic (exact) mass is 522 g/mol. The maximum atomic E-state index is 13.0. The Labute approximate surface area is 221 Å². The topological polar surface area (TPSA) is 91.0 Å². The van der Waals surface area contributed by atoms with E-state index in [-0.39, 0.29) is 11.2 Å². The molecule has 0 radical (unpaired) electrons. The van der Waals surface area contributed by atoms with Gasteiger partial charge in [-0.05, 0) is 69.2 Å². The number of nitrogens with zero attached hydrogens (tertiary/aromatic N) is 2. The predicted octanol–water partition coefficient (Wildman–Crippen LogP) is 5.29. The molecule has 4 rings (SSSR count). The smallest absolute Gasteiger partial charge is 0.329 e. The summed E-state index contributed by atoms with van der Waals surface area (Å²) in [5, 5.41) is 5.78. The average molecular weight is 523 g/mol. The number of hydrogen-bond acceptors (Lipinski definition) is 5. The number of anilines is 2. The van der Waals surface area contributed by atoms with Gasteiger partial charge in [0.1, 0.15) is 18.0 Å². The molecule has 2 heterocycles. The fourth-order valence-electron chi connectivity index (χ4n) is 4.79. The van der Waals surface area contributed by atoms with Crippen LogP contribution in [0.3, 0.4) is 0 Å². The second-order valence-corrected chi connectivity index (χ2v) is 10.1. The molecule has 1 saturated heterocycles. The zero-order valence-corrected chi connectivity index (χ0v) is 22.4. The molecule has 9 heteroatoms. The van der Waals surface area contributed by atoms with Crippen molar-refractivity contribution in [2.75, 3.05) is 30.4 Å². The Hall–Kier alpha value is -3.78. The van der Waals surface area contributed by atoms with E-state index in [0.29, 0.717) is 22.0 Å². The van der Waals surface area contributed by atoms with Crippen molar-refractivity contribution in [3.8, 4) is 5.75 Å². The van der Waals surface area contributed by atoms with E-state index in [4.69, 9.17) is 16.3 Å². The number of carbonyl (C=O) groups is 3. The molecule has 194 valence electrons. The average Bonchev–Trinajstić information content (AvgIpc) is 3.10. The van der Waals surface area contributed by atoms with Crippen molar-refractivity contribution in [2.45, 2.75) is 39.7 Å². The van der Waals surface area contributed by atoms with Gasteiger partial charge in [-0.1, -0.05) is 24.6 Å². The van der Waals surface area contributed by atoms with Gasteiger partial charge < -0.3 is 20.3 Å². The largest absolute Gasteiger partial charge is 0.496 e. The summed E-state index contributed by atoms with van der Waals surface area (Å²) in [4.78, 5) is 41.3. The van der Waals surface area contributed by atoms with Crippen LogP contribution in [0.4, 0.5) is 16.2 Å². The number of nitrogens with one attached hydrogen (secondary N) is 2. The molecule has 2 N–H and O–H groups in total. The van der Waals surface area contributed by atoms with Crippen molar-refractivity contribution in [1.82, 2.24) is 10.2 Å². The number of allylic oxidation sites excluding steroid dienone is 1. The van der Waals surface area contributed by atoms with Gasteiger partial charge >= 0.3 is 6.03 Å². The third kappa shape index (κ3) is 5.34. The number of benzene rings is 2. The van der Waals surface area contributed by atoms with E-state index in [1.807, 2.05) is 12.1 Å².